The highest BCUT2D eigenvalue weighted by Gasteiger charge is 2.22. The standard InChI is InChI=1S/C13H29NS/c1-6-8-13(4,9-7-10-15-5)11-14-12(2)3/h12,14H,6-11H2,1-5H3. The molecule has 1 atom stereocenters. The monoisotopic (exact) mass is 231 g/mol. The summed E-state index contributed by atoms with van der Waals surface area (Å²) < 4.78 is 0. The average Bonchev–Trinajstić information content (AvgIpc) is 2.16. The minimum Gasteiger partial charge on any atom is -0.314 e. The van der Waals surface area contributed by atoms with Gasteiger partial charge in [0.2, 0.25) is 0 Å². The Morgan fingerprint density at radius 2 is 1.93 bits per heavy atom. The molecule has 1 N–H and O–H groups in total. The van der Waals surface area contributed by atoms with Gasteiger partial charge in [-0.3, -0.25) is 0 Å². The maximum absolute atomic E-state index is 3.59. The molecule has 1 unspecified atom stereocenters. The van der Waals surface area contributed by atoms with Gasteiger partial charge in [-0.05, 0) is 36.7 Å². The molecule has 0 aromatic rings. The van der Waals surface area contributed by atoms with E-state index in [0.717, 1.165) is 0 Å². The predicted octanol–water partition coefficient (Wildman–Crippen LogP) is 3.93. The molecule has 0 aromatic heterocycles. The summed E-state index contributed by atoms with van der Waals surface area (Å²) in [5, 5.41) is 3.59. The number of thioether (sulfide) groups is 1. The summed E-state index contributed by atoms with van der Waals surface area (Å²) in [5.41, 5.74) is 0.509. The van der Waals surface area contributed by atoms with E-state index in [-0.39, 0.29) is 0 Å². The molecule has 0 fully saturated rings. The van der Waals surface area contributed by atoms with Gasteiger partial charge in [0.25, 0.3) is 0 Å². The first-order valence-electron chi connectivity index (χ1n) is 6.26. The van der Waals surface area contributed by atoms with Gasteiger partial charge in [-0.15, -0.1) is 0 Å². The third kappa shape index (κ3) is 8.15. The molecular formula is C13H29NS. The molecule has 1 nitrogen and oxygen atoms in total. The van der Waals surface area contributed by atoms with Crippen LogP contribution in [0.3, 0.4) is 0 Å². The van der Waals surface area contributed by atoms with Crippen LogP contribution in [0.2, 0.25) is 0 Å². The van der Waals surface area contributed by atoms with Crippen molar-refractivity contribution in [2.24, 2.45) is 5.41 Å². The van der Waals surface area contributed by atoms with Gasteiger partial charge in [-0.25, -0.2) is 0 Å². The second kappa shape index (κ2) is 8.46. The molecule has 0 heterocycles. The quantitative estimate of drug-likeness (QED) is 0.603. The molecule has 15 heavy (non-hydrogen) atoms. The Hall–Kier alpha value is 0.310. The Kier molecular flexibility index (Phi) is 8.64. The van der Waals surface area contributed by atoms with E-state index in [4.69, 9.17) is 0 Å². The molecule has 0 aliphatic carbocycles. The van der Waals surface area contributed by atoms with Crippen LogP contribution in [0, 0.1) is 5.41 Å². The largest absolute Gasteiger partial charge is 0.314 e. The van der Waals surface area contributed by atoms with Crippen LogP contribution < -0.4 is 5.32 Å². The van der Waals surface area contributed by atoms with Crippen LogP contribution in [0.4, 0.5) is 0 Å². The molecule has 0 rings (SSSR count). The Morgan fingerprint density at radius 1 is 1.27 bits per heavy atom. The molecule has 0 aromatic carbocycles. The third-order valence-corrected chi connectivity index (χ3v) is 3.62. The van der Waals surface area contributed by atoms with Gasteiger partial charge >= 0.3 is 0 Å². The average molecular weight is 231 g/mol. The van der Waals surface area contributed by atoms with Crippen molar-refractivity contribution >= 4 is 11.8 Å². The van der Waals surface area contributed by atoms with Crippen LogP contribution in [0.5, 0.6) is 0 Å². The van der Waals surface area contributed by atoms with Crippen molar-refractivity contribution in [1.29, 1.82) is 0 Å². The third-order valence-electron chi connectivity index (χ3n) is 2.92. The maximum atomic E-state index is 3.59. The van der Waals surface area contributed by atoms with Crippen molar-refractivity contribution in [3.05, 3.63) is 0 Å². The summed E-state index contributed by atoms with van der Waals surface area (Å²) in [6.45, 7) is 10.4. The summed E-state index contributed by atoms with van der Waals surface area (Å²) in [5.74, 6) is 1.31. The molecule has 0 amide bonds. The predicted molar refractivity (Wildman–Crippen MR) is 73.8 cm³/mol. The molecule has 0 aliphatic heterocycles. The summed E-state index contributed by atoms with van der Waals surface area (Å²) in [7, 11) is 0. The fourth-order valence-electron chi connectivity index (χ4n) is 2.00. The van der Waals surface area contributed by atoms with E-state index in [1.807, 2.05) is 11.8 Å². The van der Waals surface area contributed by atoms with Crippen molar-refractivity contribution in [3.63, 3.8) is 0 Å². The molecule has 92 valence electrons. The van der Waals surface area contributed by atoms with Crippen LogP contribution in [0.15, 0.2) is 0 Å². The van der Waals surface area contributed by atoms with E-state index in [9.17, 15) is 0 Å². The fourth-order valence-corrected chi connectivity index (χ4v) is 2.43. The van der Waals surface area contributed by atoms with Gasteiger partial charge in [0, 0.05) is 12.6 Å². The van der Waals surface area contributed by atoms with Crippen molar-refractivity contribution < 1.29 is 0 Å². The van der Waals surface area contributed by atoms with Gasteiger partial charge in [0.1, 0.15) is 0 Å². The van der Waals surface area contributed by atoms with E-state index in [2.05, 4.69) is 39.3 Å². The van der Waals surface area contributed by atoms with E-state index in [1.54, 1.807) is 0 Å². The Bertz CT molecular complexity index is 147. The Morgan fingerprint density at radius 3 is 2.40 bits per heavy atom. The molecular weight excluding hydrogens is 202 g/mol. The zero-order valence-electron chi connectivity index (χ0n) is 11.2. The number of hydrogen-bond donors (Lipinski definition) is 1. The molecule has 0 aliphatic rings. The zero-order chi connectivity index (χ0) is 11.7. The lowest BCUT2D eigenvalue weighted by Gasteiger charge is -2.30. The van der Waals surface area contributed by atoms with Crippen LogP contribution in [0.25, 0.3) is 0 Å². The molecule has 2 heteroatoms. The van der Waals surface area contributed by atoms with Gasteiger partial charge < -0.3 is 5.32 Å². The first-order valence-corrected chi connectivity index (χ1v) is 7.66. The lowest BCUT2D eigenvalue weighted by molar-refractivity contribution is 0.247. The molecule has 0 spiro atoms. The normalized spacial score (nSPS) is 15.6. The minimum absolute atomic E-state index is 0.509. The Labute approximate surface area is 101 Å². The smallest absolute Gasteiger partial charge is 0.00106 e. The van der Waals surface area contributed by atoms with Crippen molar-refractivity contribution in [1.82, 2.24) is 5.32 Å². The number of nitrogens with one attached hydrogen (secondary N) is 1. The fraction of sp³-hybridized carbons (Fsp3) is 1.00. The first kappa shape index (κ1) is 15.3. The highest BCUT2D eigenvalue weighted by Crippen LogP contribution is 2.29. The van der Waals surface area contributed by atoms with Crippen molar-refractivity contribution in [2.45, 2.75) is 59.4 Å². The van der Waals surface area contributed by atoms with Gasteiger partial charge in [-0.1, -0.05) is 34.1 Å². The number of rotatable bonds is 9. The van der Waals surface area contributed by atoms with E-state index in [1.165, 1.54) is 38.0 Å². The molecule has 0 bridgehead atoms. The SMILES string of the molecule is CCCC(C)(CCCSC)CNC(C)C. The highest BCUT2D eigenvalue weighted by atomic mass is 32.2. The lowest BCUT2D eigenvalue weighted by Crippen LogP contribution is -2.35. The summed E-state index contributed by atoms with van der Waals surface area (Å²) in [6, 6.07) is 0.613. The van der Waals surface area contributed by atoms with E-state index >= 15 is 0 Å². The first-order chi connectivity index (χ1) is 7.04. The molecule has 0 saturated heterocycles. The van der Waals surface area contributed by atoms with Gasteiger partial charge in [-0.2, -0.15) is 11.8 Å². The number of hydrogen-bond acceptors (Lipinski definition) is 2. The van der Waals surface area contributed by atoms with Gasteiger partial charge in [0.15, 0.2) is 0 Å². The second-order valence-electron chi connectivity index (χ2n) is 5.19. The minimum atomic E-state index is 0.509. The molecule has 0 radical (unpaired) electrons. The van der Waals surface area contributed by atoms with Gasteiger partial charge in [0.05, 0.1) is 0 Å². The Balaban J connectivity index is 3.94. The van der Waals surface area contributed by atoms with Crippen molar-refractivity contribution in [3.8, 4) is 0 Å². The summed E-state index contributed by atoms with van der Waals surface area (Å²) >= 11 is 1.96. The highest BCUT2D eigenvalue weighted by molar-refractivity contribution is 7.98. The van der Waals surface area contributed by atoms with Crippen molar-refractivity contribution in [2.75, 3.05) is 18.6 Å². The summed E-state index contributed by atoms with van der Waals surface area (Å²) in [6.07, 6.45) is 7.57. The van der Waals surface area contributed by atoms with Crippen LogP contribution in [0.1, 0.15) is 53.4 Å². The second-order valence-corrected chi connectivity index (χ2v) is 6.18. The van der Waals surface area contributed by atoms with Crippen LogP contribution in [-0.2, 0) is 0 Å². The maximum Gasteiger partial charge on any atom is 0.00106 e. The molecule has 0 saturated carbocycles. The van der Waals surface area contributed by atoms with Crippen LogP contribution in [-0.4, -0.2) is 24.6 Å². The zero-order valence-corrected chi connectivity index (χ0v) is 12.0. The van der Waals surface area contributed by atoms with E-state index < -0.39 is 0 Å². The lowest BCUT2D eigenvalue weighted by atomic mass is 9.81. The van der Waals surface area contributed by atoms with E-state index in [0.29, 0.717) is 11.5 Å². The topological polar surface area (TPSA) is 12.0 Å². The van der Waals surface area contributed by atoms with Crippen LogP contribution >= 0.6 is 11.8 Å². The summed E-state index contributed by atoms with van der Waals surface area (Å²) in [4.78, 5) is 0.